The van der Waals surface area contributed by atoms with Crippen LogP contribution < -0.4 is 30.4 Å². The first-order valence-electron chi connectivity index (χ1n) is 14.7. The fourth-order valence-electron chi connectivity index (χ4n) is 4.75. The van der Waals surface area contributed by atoms with Crippen molar-refractivity contribution in [3.05, 3.63) is 66.7 Å². The van der Waals surface area contributed by atoms with Gasteiger partial charge in [-0.2, -0.15) is 13.5 Å². The van der Waals surface area contributed by atoms with E-state index in [9.17, 15) is 18.1 Å². The molecule has 21 heteroatoms. The minimum Gasteiger partial charge on any atom is -0.505 e. The van der Waals surface area contributed by atoms with Crippen LogP contribution in [0.4, 0.5) is 45.5 Å². The maximum absolute atomic E-state index is 11.9. The zero-order chi connectivity index (χ0) is 38.3. The van der Waals surface area contributed by atoms with Gasteiger partial charge in [0.25, 0.3) is 10.1 Å². The number of phenolic OH excluding ortho intramolecular Hbond substituents is 1. The van der Waals surface area contributed by atoms with Gasteiger partial charge in [0, 0.05) is 35.3 Å². The Labute approximate surface area is 305 Å². The van der Waals surface area contributed by atoms with E-state index in [1.165, 1.54) is 52.7 Å². The molecule has 0 spiro atoms. The van der Waals surface area contributed by atoms with Gasteiger partial charge in [-0.25, -0.2) is 5.26 Å². The Morgan fingerprint density at radius 3 is 1.83 bits per heavy atom. The van der Waals surface area contributed by atoms with E-state index < -0.39 is 15.0 Å². The molecule has 0 unspecified atom stereocenters. The van der Waals surface area contributed by atoms with Crippen LogP contribution in [0.5, 0.6) is 28.7 Å². The van der Waals surface area contributed by atoms with Crippen molar-refractivity contribution >= 4 is 78.4 Å². The summed E-state index contributed by atoms with van der Waals surface area (Å²) in [5.41, 5.74) is 12.7. The lowest BCUT2D eigenvalue weighted by atomic mass is 10.1. The molecule has 0 aliphatic rings. The van der Waals surface area contributed by atoms with E-state index in [1.54, 1.807) is 36.4 Å². The second-order valence-electron chi connectivity index (χ2n) is 10.5. The van der Waals surface area contributed by atoms with E-state index in [0.717, 1.165) is 6.07 Å². The zero-order valence-corrected chi connectivity index (χ0v) is 29.7. The normalized spacial score (nSPS) is 12.0. The summed E-state index contributed by atoms with van der Waals surface area (Å²) in [4.78, 5) is -0.356. The summed E-state index contributed by atoms with van der Waals surface area (Å²) in [5.74, 6) is 0.645. The topological polar surface area (TPSA) is 276 Å². The van der Waals surface area contributed by atoms with Gasteiger partial charge in [-0.1, -0.05) is 11.1 Å². The van der Waals surface area contributed by atoms with Crippen molar-refractivity contribution in [1.29, 1.82) is 0 Å². The lowest BCUT2D eigenvalue weighted by Crippen LogP contribution is -1.99. The molecule has 5 aromatic rings. The summed E-state index contributed by atoms with van der Waals surface area (Å²) in [6.07, 6.45) is 0. The van der Waals surface area contributed by atoms with Gasteiger partial charge in [0.05, 0.1) is 56.8 Å². The summed E-state index contributed by atoms with van der Waals surface area (Å²) in [7, 11) is 0.957. The van der Waals surface area contributed by atoms with Crippen LogP contribution in [0.2, 0.25) is 0 Å². The van der Waals surface area contributed by atoms with Gasteiger partial charge < -0.3 is 35.5 Å². The Morgan fingerprint density at radius 2 is 1.23 bits per heavy atom. The zero-order valence-electron chi connectivity index (χ0n) is 28.1. The molecule has 0 saturated heterocycles. The van der Waals surface area contributed by atoms with Crippen molar-refractivity contribution in [3.63, 3.8) is 0 Å². The van der Waals surface area contributed by atoms with Crippen LogP contribution in [0, 0.1) is 0 Å². The molecule has 0 aliphatic heterocycles. The summed E-state index contributed by atoms with van der Waals surface area (Å²) >= 11 is 0.544. The molecule has 0 saturated carbocycles. The van der Waals surface area contributed by atoms with Crippen molar-refractivity contribution in [1.82, 2.24) is 0 Å². The molecule has 0 bridgehead atoms. The molecule has 0 aliphatic carbocycles. The lowest BCUT2D eigenvalue weighted by Gasteiger charge is -2.11. The number of hydrogen-bond acceptors (Lipinski definition) is 19. The number of anilines is 2. The van der Waals surface area contributed by atoms with E-state index in [1.807, 2.05) is 0 Å². The Bertz CT molecular complexity index is 2380. The second-order valence-corrected chi connectivity index (χ2v) is 12.6. The molecule has 0 amide bonds. The average molecular weight is 767 g/mol. The number of fused-ring (bicyclic) bond motifs is 1. The number of ether oxygens (including phenoxy) is 4. The molecule has 19 nitrogen and oxygen atoms in total. The number of rotatable bonds is 14. The van der Waals surface area contributed by atoms with E-state index in [4.69, 9.17) is 35.7 Å². The molecule has 0 fully saturated rings. The molecule has 0 atom stereocenters. The van der Waals surface area contributed by atoms with E-state index in [2.05, 4.69) is 40.1 Å². The molecule has 0 heterocycles. The first-order chi connectivity index (χ1) is 25.4. The van der Waals surface area contributed by atoms with Crippen LogP contribution in [0.15, 0.2) is 107 Å². The van der Waals surface area contributed by atoms with Crippen molar-refractivity contribution in [2.24, 2.45) is 30.7 Å². The van der Waals surface area contributed by atoms with Gasteiger partial charge in [0.1, 0.15) is 56.3 Å². The van der Waals surface area contributed by atoms with Crippen LogP contribution in [-0.2, 0) is 19.5 Å². The summed E-state index contributed by atoms with van der Waals surface area (Å²) < 4.78 is 59.5. The lowest BCUT2D eigenvalue weighted by molar-refractivity contribution is -0.432. The third-order valence-electron chi connectivity index (χ3n) is 7.26. The maximum Gasteiger partial charge on any atom is 0.296 e. The number of hydrogen-bond donors (Lipinski definition) is 5. The van der Waals surface area contributed by atoms with Gasteiger partial charge in [-0.05, 0) is 41.8 Å². The fraction of sp³-hybridized carbons (Fsp3) is 0.125. The molecular formula is C32H30N8O11S2. The van der Waals surface area contributed by atoms with Crippen LogP contribution in [0.25, 0.3) is 10.8 Å². The standard InChI is InChI=1S/C32H30N8O11S2/c1-46-25-13-22(26(47-2)12-20(25)34)37-35-18-7-5-16-9-29(52-51-50-42)31(32(41)19(16)11-18)40-39-24-15-27(48-3)23(14-28(24)49-4)38-36-21-8-6-17(33)10-30(21)53(43,44)45/h5-15,41-42H,33-34H2,1-4H3,(H,43,44,45). The number of nitrogens with zero attached hydrogens (tertiary/aromatic N) is 6. The van der Waals surface area contributed by atoms with Crippen molar-refractivity contribution < 1.29 is 51.7 Å². The molecule has 0 aromatic heterocycles. The van der Waals surface area contributed by atoms with Crippen molar-refractivity contribution in [3.8, 4) is 28.7 Å². The van der Waals surface area contributed by atoms with Crippen molar-refractivity contribution in [2.75, 3.05) is 39.9 Å². The second kappa shape index (κ2) is 16.5. The average Bonchev–Trinajstić information content (AvgIpc) is 3.15. The number of aromatic hydroxyl groups is 1. The molecule has 53 heavy (non-hydrogen) atoms. The number of phenols is 1. The first-order valence-corrected chi connectivity index (χ1v) is 16.9. The maximum atomic E-state index is 11.9. The van der Waals surface area contributed by atoms with Crippen LogP contribution in [0.1, 0.15) is 0 Å². The minimum atomic E-state index is -4.67. The van der Waals surface area contributed by atoms with Crippen molar-refractivity contribution in [2.45, 2.75) is 9.79 Å². The molecule has 276 valence electrons. The number of methoxy groups -OCH3 is 4. The monoisotopic (exact) mass is 766 g/mol. The van der Waals surface area contributed by atoms with Crippen LogP contribution in [-0.4, -0.2) is 51.8 Å². The van der Waals surface area contributed by atoms with E-state index >= 15 is 0 Å². The largest absolute Gasteiger partial charge is 0.505 e. The molecule has 5 aromatic carbocycles. The highest BCUT2D eigenvalue weighted by Crippen LogP contribution is 2.47. The molecule has 5 rings (SSSR count). The van der Waals surface area contributed by atoms with Gasteiger partial charge in [0.15, 0.2) is 5.75 Å². The molecule has 7 N–H and O–H groups in total. The number of nitrogens with two attached hydrogens (primary N) is 2. The SMILES string of the molecule is COc1cc(N=Nc2ccc3cc(SOOO)c(N=Nc4cc(OC)c(N=Nc5ccc(N)cc5S(=O)(=O)O)cc4OC)c(O)c3c2)c(OC)cc1N. The molecular weight excluding hydrogens is 737 g/mol. The van der Waals surface area contributed by atoms with E-state index in [0.29, 0.717) is 51.4 Å². The van der Waals surface area contributed by atoms with Gasteiger partial charge in [0.2, 0.25) is 0 Å². The number of benzene rings is 5. The Kier molecular flexibility index (Phi) is 11.9. The Morgan fingerprint density at radius 1 is 0.660 bits per heavy atom. The highest BCUT2D eigenvalue weighted by Gasteiger charge is 2.19. The van der Waals surface area contributed by atoms with Gasteiger partial charge in [-0.15, -0.1) is 29.9 Å². The predicted octanol–water partition coefficient (Wildman–Crippen LogP) is 8.67. The minimum absolute atomic E-state index is 0.0859. The Balaban J connectivity index is 1.54. The first kappa shape index (κ1) is 38.1. The van der Waals surface area contributed by atoms with Gasteiger partial charge in [-0.3, -0.25) is 4.55 Å². The predicted molar refractivity (Wildman–Crippen MR) is 193 cm³/mol. The number of azo groups is 3. The van der Waals surface area contributed by atoms with Crippen LogP contribution in [0.3, 0.4) is 0 Å². The summed E-state index contributed by atoms with van der Waals surface area (Å²) in [5, 5.41) is 50.0. The van der Waals surface area contributed by atoms with Gasteiger partial charge >= 0.3 is 0 Å². The Hall–Kier alpha value is -6.10. The van der Waals surface area contributed by atoms with Crippen LogP contribution >= 0.6 is 12.0 Å². The smallest absolute Gasteiger partial charge is 0.296 e. The molecule has 0 radical (unpaired) electrons. The highest BCUT2D eigenvalue weighted by molar-refractivity contribution is 7.94. The van der Waals surface area contributed by atoms with E-state index in [-0.39, 0.29) is 50.6 Å². The summed E-state index contributed by atoms with van der Waals surface area (Å²) in [6, 6.07) is 16.1. The number of nitrogen functional groups attached to an aromatic ring is 2. The summed E-state index contributed by atoms with van der Waals surface area (Å²) in [6.45, 7) is 0. The highest BCUT2D eigenvalue weighted by atomic mass is 32.2. The third-order valence-corrected chi connectivity index (χ3v) is 8.76. The fourth-order valence-corrected chi connectivity index (χ4v) is 5.90. The quantitative estimate of drug-likeness (QED) is 0.0177. The third kappa shape index (κ3) is 8.69.